The SMILES string of the molecule is OC[C@H]1S[C@@H](N2CCNC2=S)[C@H](O)[C@@H](O)[C@@H]1O. The van der Waals surface area contributed by atoms with Crippen LogP contribution in [-0.2, 0) is 0 Å². The molecule has 0 radical (unpaired) electrons. The summed E-state index contributed by atoms with van der Waals surface area (Å²) in [5.41, 5.74) is 0. The summed E-state index contributed by atoms with van der Waals surface area (Å²) >= 11 is 6.34. The van der Waals surface area contributed by atoms with Crippen molar-refractivity contribution in [1.29, 1.82) is 0 Å². The normalized spacial score (nSPS) is 42.7. The molecule has 0 aliphatic carbocycles. The third kappa shape index (κ3) is 2.38. The van der Waals surface area contributed by atoms with Crippen LogP contribution < -0.4 is 5.32 Å². The van der Waals surface area contributed by atoms with Crippen LogP contribution in [0.1, 0.15) is 0 Å². The highest BCUT2D eigenvalue weighted by Crippen LogP contribution is 2.35. The molecule has 8 heteroatoms. The number of nitrogens with one attached hydrogen (secondary N) is 1. The topological polar surface area (TPSA) is 96.2 Å². The smallest absolute Gasteiger partial charge is 0.170 e. The fourth-order valence-corrected chi connectivity index (χ4v) is 3.89. The Kier molecular flexibility index (Phi) is 4.11. The summed E-state index contributed by atoms with van der Waals surface area (Å²) < 4.78 is 0. The van der Waals surface area contributed by atoms with Crippen LogP contribution in [0.25, 0.3) is 0 Å². The van der Waals surface area contributed by atoms with E-state index in [2.05, 4.69) is 5.32 Å². The van der Waals surface area contributed by atoms with Gasteiger partial charge in [-0.15, -0.1) is 11.8 Å². The van der Waals surface area contributed by atoms with E-state index in [9.17, 15) is 15.3 Å². The lowest BCUT2D eigenvalue weighted by Crippen LogP contribution is -2.59. The van der Waals surface area contributed by atoms with E-state index in [1.54, 1.807) is 4.90 Å². The Morgan fingerprint density at radius 2 is 2.00 bits per heavy atom. The lowest BCUT2D eigenvalue weighted by Gasteiger charge is -2.43. The fraction of sp³-hybridized carbons (Fsp3) is 0.889. The number of aliphatic hydroxyl groups is 4. The standard InChI is InChI=1S/C9H16N2O4S2/c12-3-4-5(13)6(14)7(15)8(17-4)11-2-1-10-9(11)16/h4-8,12-15H,1-3H2,(H,10,16)/t4-,5-,6+,7-,8-/m1/s1. The second kappa shape index (κ2) is 5.25. The minimum Gasteiger partial charge on any atom is -0.395 e. The zero-order valence-electron chi connectivity index (χ0n) is 9.06. The molecule has 6 nitrogen and oxygen atoms in total. The predicted molar refractivity (Wildman–Crippen MR) is 67.6 cm³/mol. The summed E-state index contributed by atoms with van der Waals surface area (Å²) in [4.78, 5) is 1.78. The molecule has 2 aliphatic rings. The van der Waals surface area contributed by atoms with Gasteiger partial charge in [-0.1, -0.05) is 0 Å². The molecule has 0 aromatic rings. The Bertz CT molecular complexity index is 305. The molecule has 0 spiro atoms. The van der Waals surface area contributed by atoms with E-state index in [4.69, 9.17) is 17.3 Å². The number of thioether (sulfide) groups is 1. The van der Waals surface area contributed by atoms with Crippen LogP contribution in [0, 0.1) is 0 Å². The lowest BCUT2D eigenvalue weighted by molar-refractivity contribution is -0.0796. The largest absolute Gasteiger partial charge is 0.395 e. The third-order valence-corrected chi connectivity index (χ3v) is 5.03. The first-order valence-corrected chi connectivity index (χ1v) is 6.76. The van der Waals surface area contributed by atoms with Crippen LogP contribution in [-0.4, -0.2) is 79.1 Å². The summed E-state index contributed by atoms with van der Waals surface area (Å²) in [7, 11) is 0. The van der Waals surface area contributed by atoms with Crippen molar-refractivity contribution in [2.24, 2.45) is 0 Å². The highest BCUT2D eigenvalue weighted by Gasteiger charge is 2.46. The molecule has 2 fully saturated rings. The highest BCUT2D eigenvalue weighted by molar-refractivity contribution is 8.00. The van der Waals surface area contributed by atoms with Crippen LogP contribution in [0.15, 0.2) is 0 Å². The second-order valence-electron chi connectivity index (χ2n) is 4.14. The third-order valence-electron chi connectivity index (χ3n) is 3.06. The molecule has 2 saturated heterocycles. The first-order chi connectivity index (χ1) is 8.06. The molecular formula is C9H16N2O4S2. The van der Waals surface area contributed by atoms with Crippen molar-refractivity contribution in [3.8, 4) is 0 Å². The number of hydrogen-bond acceptors (Lipinski definition) is 6. The highest BCUT2D eigenvalue weighted by atomic mass is 32.2. The molecule has 0 aromatic heterocycles. The fourth-order valence-electron chi connectivity index (χ4n) is 2.07. The maximum Gasteiger partial charge on any atom is 0.170 e. The van der Waals surface area contributed by atoms with Gasteiger partial charge in [0.05, 0.1) is 18.0 Å². The minimum atomic E-state index is -1.26. The molecule has 0 bridgehead atoms. The molecule has 0 amide bonds. The van der Waals surface area contributed by atoms with Crippen molar-refractivity contribution in [2.75, 3.05) is 19.7 Å². The molecule has 2 rings (SSSR count). The van der Waals surface area contributed by atoms with Crippen LogP contribution in [0.5, 0.6) is 0 Å². The monoisotopic (exact) mass is 280 g/mol. The average molecular weight is 280 g/mol. The molecule has 0 unspecified atom stereocenters. The summed E-state index contributed by atoms with van der Waals surface area (Å²) in [6, 6.07) is 0. The Hall–Kier alpha value is -0.120. The van der Waals surface area contributed by atoms with Crippen molar-refractivity contribution in [1.82, 2.24) is 10.2 Å². The number of nitrogens with zero attached hydrogens (tertiary/aromatic N) is 1. The zero-order valence-corrected chi connectivity index (χ0v) is 10.7. The molecule has 2 heterocycles. The van der Waals surface area contributed by atoms with Gasteiger partial charge in [0.1, 0.15) is 17.6 Å². The van der Waals surface area contributed by atoms with Gasteiger partial charge in [0.2, 0.25) is 0 Å². The maximum absolute atomic E-state index is 9.96. The number of aliphatic hydroxyl groups excluding tert-OH is 4. The molecule has 5 atom stereocenters. The Balaban J connectivity index is 2.13. The zero-order chi connectivity index (χ0) is 12.6. The molecule has 0 saturated carbocycles. The van der Waals surface area contributed by atoms with E-state index in [1.807, 2.05) is 0 Å². The van der Waals surface area contributed by atoms with Gasteiger partial charge in [0.15, 0.2) is 5.11 Å². The quantitative estimate of drug-likeness (QED) is 0.360. The molecule has 98 valence electrons. The summed E-state index contributed by atoms with van der Waals surface area (Å²) in [6.07, 6.45) is -3.47. The Morgan fingerprint density at radius 1 is 1.29 bits per heavy atom. The van der Waals surface area contributed by atoms with Gasteiger partial charge in [-0.3, -0.25) is 0 Å². The molecule has 17 heavy (non-hydrogen) atoms. The summed E-state index contributed by atoms with van der Waals surface area (Å²) in [5, 5.41) is 41.1. The van der Waals surface area contributed by atoms with Gasteiger partial charge in [-0.25, -0.2) is 0 Å². The Morgan fingerprint density at radius 3 is 2.53 bits per heavy atom. The van der Waals surface area contributed by atoms with E-state index in [1.165, 1.54) is 11.8 Å². The van der Waals surface area contributed by atoms with E-state index < -0.39 is 28.9 Å². The van der Waals surface area contributed by atoms with Crippen molar-refractivity contribution in [3.05, 3.63) is 0 Å². The number of hydrogen-bond donors (Lipinski definition) is 5. The van der Waals surface area contributed by atoms with Gasteiger partial charge < -0.3 is 30.6 Å². The lowest BCUT2D eigenvalue weighted by atomic mass is 10.0. The average Bonchev–Trinajstić information content (AvgIpc) is 2.73. The van der Waals surface area contributed by atoms with Gasteiger partial charge in [0.25, 0.3) is 0 Å². The van der Waals surface area contributed by atoms with Gasteiger partial charge in [0, 0.05) is 13.1 Å². The molecule has 0 aromatic carbocycles. The van der Waals surface area contributed by atoms with E-state index in [0.29, 0.717) is 18.2 Å². The minimum absolute atomic E-state index is 0.250. The van der Waals surface area contributed by atoms with Crippen molar-refractivity contribution in [3.63, 3.8) is 0 Å². The summed E-state index contributed by atoms with van der Waals surface area (Å²) in [6.45, 7) is 1.10. The van der Waals surface area contributed by atoms with Crippen LogP contribution in [0.3, 0.4) is 0 Å². The number of thiocarbonyl (C=S) groups is 1. The first kappa shape index (κ1) is 13.3. The molecule has 5 N–H and O–H groups in total. The second-order valence-corrected chi connectivity index (χ2v) is 5.89. The first-order valence-electron chi connectivity index (χ1n) is 5.41. The van der Waals surface area contributed by atoms with Crippen molar-refractivity contribution >= 4 is 29.1 Å². The molecular weight excluding hydrogens is 264 g/mol. The maximum atomic E-state index is 9.96. The predicted octanol–water partition coefficient (Wildman–Crippen LogP) is -2.31. The van der Waals surface area contributed by atoms with Crippen molar-refractivity contribution in [2.45, 2.75) is 28.9 Å². The van der Waals surface area contributed by atoms with E-state index in [-0.39, 0.29) is 6.61 Å². The van der Waals surface area contributed by atoms with Crippen LogP contribution >= 0.6 is 24.0 Å². The number of rotatable bonds is 2. The summed E-state index contributed by atoms with van der Waals surface area (Å²) in [5.74, 6) is 0. The van der Waals surface area contributed by atoms with E-state index in [0.717, 1.165) is 0 Å². The van der Waals surface area contributed by atoms with Gasteiger partial charge >= 0.3 is 0 Å². The Labute approximate surface area is 109 Å². The van der Waals surface area contributed by atoms with Crippen molar-refractivity contribution < 1.29 is 20.4 Å². The van der Waals surface area contributed by atoms with Crippen LogP contribution in [0.2, 0.25) is 0 Å². The van der Waals surface area contributed by atoms with Gasteiger partial charge in [-0.05, 0) is 12.2 Å². The van der Waals surface area contributed by atoms with E-state index >= 15 is 0 Å². The van der Waals surface area contributed by atoms with Crippen LogP contribution in [0.4, 0.5) is 0 Å². The van der Waals surface area contributed by atoms with Gasteiger partial charge in [-0.2, -0.15) is 0 Å². The molecule has 2 aliphatic heterocycles.